The summed E-state index contributed by atoms with van der Waals surface area (Å²) in [5, 5.41) is 7.88. The minimum atomic E-state index is -3.47. The molecule has 0 amide bonds. The zero-order chi connectivity index (χ0) is 20.9. The van der Waals surface area contributed by atoms with E-state index in [1.54, 1.807) is 10.4 Å². The third kappa shape index (κ3) is 3.35. The lowest BCUT2D eigenvalue weighted by atomic mass is 10.00. The van der Waals surface area contributed by atoms with Crippen molar-refractivity contribution in [3.05, 3.63) is 24.1 Å². The highest BCUT2D eigenvalue weighted by molar-refractivity contribution is 7.89. The van der Waals surface area contributed by atoms with Crippen molar-refractivity contribution >= 4 is 10.0 Å². The van der Waals surface area contributed by atoms with E-state index in [-0.39, 0.29) is 24.8 Å². The summed E-state index contributed by atoms with van der Waals surface area (Å²) in [7, 11) is -3.47. The van der Waals surface area contributed by atoms with Crippen LogP contribution in [0.5, 0.6) is 11.5 Å². The molecule has 2 N–H and O–H groups in total. The zero-order valence-electron chi connectivity index (χ0n) is 16.9. The maximum Gasteiger partial charge on any atom is 0.247 e. The van der Waals surface area contributed by atoms with Crippen molar-refractivity contribution in [2.45, 2.75) is 49.9 Å². The average molecular weight is 436 g/mol. The number of rotatable bonds is 4. The second-order valence-corrected chi connectivity index (χ2v) is 10.2. The first-order valence-corrected chi connectivity index (χ1v) is 11.7. The van der Waals surface area contributed by atoms with Crippen molar-refractivity contribution in [1.82, 2.24) is 25.4 Å². The lowest BCUT2D eigenvalue weighted by Gasteiger charge is -2.33. The van der Waals surface area contributed by atoms with Crippen molar-refractivity contribution in [3.63, 3.8) is 0 Å². The summed E-state index contributed by atoms with van der Waals surface area (Å²) in [5.41, 5.74) is 6.80. The molecule has 0 saturated carbocycles. The first-order valence-electron chi connectivity index (χ1n) is 10.2. The van der Waals surface area contributed by atoms with Gasteiger partial charge in [0.15, 0.2) is 11.5 Å². The summed E-state index contributed by atoms with van der Waals surface area (Å²) in [6, 6.07) is 5.13. The summed E-state index contributed by atoms with van der Waals surface area (Å²) in [6.07, 6.45) is 1.56. The molecule has 2 fully saturated rings. The highest BCUT2D eigenvalue weighted by atomic mass is 32.2. The molecule has 30 heavy (non-hydrogen) atoms. The first kappa shape index (κ1) is 19.7. The Labute approximate surface area is 175 Å². The van der Waals surface area contributed by atoms with Crippen LogP contribution in [0.25, 0.3) is 11.5 Å². The normalized spacial score (nSPS) is 29.4. The lowest BCUT2D eigenvalue weighted by Crippen LogP contribution is -2.49. The van der Waals surface area contributed by atoms with E-state index in [9.17, 15) is 8.42 Å². The molecule has 3 unspecified atom stereocenters. The summed E-state index contributed by atoms with van der Waals surface area (Å²) >= 11 is 0. The van der Waals surface area contributed by atoms with Gasteiger partial charge in [0.25, 0.3) is 0 Å². The second kappa shape index (κ2) is 7.49. The molecule has 2 saturated heterocycles. The van der Waals surface area contributed by atoms with Crippen molar-refractivity contribution in [2.24, 2.45) is 0 Å². The van der Waals surface area contributed by atoms with Crippen LogP contribution < -0.4 is 20.3 Å². The molecule has 4 heterocycles. The molecule has 2 aromatic rings. The van der Waals surface area contributed by atoms with Gasteiger partial charge in [0.2, 0.25) is 28.6 Å². The fraction of sp³-hybridized carbons (Fsp3) is 0.579. The molecule has 3 atom stereocenters. The number of sulfonamides is 1. The molecular weight excluding hydrogens is 410 g/mol. The summed E-state index contributed by atoms with van der Waals surface area (Å²) in [5.74, 6) is 2.05. The van der Waals surface area contributed by atoms with Crippen LogP contribution in [-0.4, -0.2) is 60.1 Å². The minimum absolute atomic E-state index is 0.128. The van der Waals surface area contributed by atoms with Gasteiger partial charge in [-0.25, -0.2) is 12.7 Å². The maximum absolute atomic E-state index is 13.3. The van der Waals surface area contributed by atoms with Crippen molar-refractivity contribution < 1.29 is 22.3 Å². The van der Waals surface area contributed by atoms with Crippen molar-refractivity contribution in [2.75, 3.05) is 19.9 Å². The molecule has 1 aromatic heterocycles. The predicted octanol–water partition coefficient (Wildman–Crippen LogP) is 1.23. The molecule has 0 aliphatic carbocycles. The van der Waals surface area contributed by atoms with Gasteiger partial charge in [-0.05, 0) is 44.9 Å². The second-order valence-electron chi connectivity index (χ2n) is 8.09. The molecule has 11 heteroatoms. The molecule has 0 spiro atoms. The van der Waals surface area contributed by atoms with Gasteiger partial charge in [0.1, 0.15) is 5.25 Å². The third-order valence-corrected chi connectivity index (χ3v) is 8.58. The number of ether oxygens (including phenoxy) is 2. The lowest BCUT2D eigenvalue weighted by molar-refractivity contribution is 0.174. The van der Waals surface area contributed by atoms with Gasteiger partial charge in [0, 0.05) is 30.7 Å². The van der Waals surface area contributed by atoms with E-state index in [1.807, 2.05) is 26.0 Å². The third-order valence-electron chi connectivity index (χ3n) is 6.02. The quantitative estimate of drug-likeness (QED) is 0.731. The molecule has 162 valence electrons. The number of nitrogens with one attached hydrogen (secondary N) is 2. The van der Waals surface area contributed by atoms with Crippen LogP contribution in [0.3, 0.4) is 0 Å². The van der Waals surface area contributed by atoms with Gasteiger partial charge in [-0.15, -0.1) is 10.2 Å². The smallest absolute Gasteiger partial charge is 0.247 e. The standard InChI is InChI=1S/C19H25N5O5S/c1-11-17(12(2)21-20-11)30(25,26)24-7-3-4-14(9-24)19-23-22-18(29-19)13-5-6-15-16(8-13)28-10-27-15/h5-6,8,11-12,14,17,20-21H,3-4,7,9-10H2,1-2H3. The highest BCUT2D eigenvalue weighted by Crippen LogP contribution is 2.37. The highest BCUT2D eigenvalue weighted by Gasteiger charge is 2.45. The van der Waals surface area contributed by atoms with Crippen LogP contribution in [-0.2, 0) is 10.0 Å². The van der Waals surface area contributed by atoms with E-state index >= 15 is 0 Å². The Morgan fingerprint density at radius 1 is 1.10 bits per heavy atom. The minimum Gasteiger partial charge on any atom is -0.454 e. The Kier molecular flexibility index (Phi) is 4.92. The molecule has 0 bridgehead atoms. The van der Waals surface area contributed by atoms with Gasteiger partial charge in [-0.1, -0.05) is 0 Å². The van der Waals surface area contributed by atoms with E-state index in [2.05, 4.69) is 21.0 Å². The molecule has 5 rings (SSSR count). The number of hydrazine groups is 1. The molecule has 0 radical (unpaired) electrons. The Balaban J connectivity index is 1.34. The first-order chi connectivity index (χ1) is 14.4. The molecule has 3 aliphatic heterocycles. The number of fused-ring (bicyclic) bond motifs is 1. The Morgan fingerprint density at radius 2 is 1.87 bits per heavy atom. The topological polar surface area (TPSA) is 119 Å². The monoisotopic (exact) mass is 435 g/mol. The van der Waals surface area contributed by atoms with E-state index in [0.29, 0.717) is 36.4 Å². The van der Waals surface area contributed by atoms with Crippen LogP contribution in [0.1, 0.15) is 38.5 Å². The Hall–Kier alpha value is -2.21. The van der Waals surface area contributed by atoms with Gasteiger partial charge in [-0.2, -0.15) is 0 Å². The summed E-state index contributed by atoms with van der Waals surface area (Å²) in [6.45, 7) is 4.83. The fourth-order valence-corrected chi connectivity index (χ4v) is 6.75. The van der Waals surface area contributed by atoms with Crippen molar-refractivity contribution in [3.8, 4) is 23.0 Å². The molecular formula is C19H25N5O5S. The van der Waals surface area contributed by atoms with Gasteiger partial charge in [0.05, 0.1) is 5.92 Å². The number of hydrogen-bond donors (Lipinski definition) is 2. The van der Waals surface area contributed by atoms with Crippen LogP contribution in [0.15, 0.2) is 22.6 Å². The maximum atomic E-state index is 13.3. The summed E-state index contributed by atoms with van der Waals surface area (Å²) in [4.78, 5) is 0. The van der Waals surface area contributed by atoms with Gasteiger partial charge in [-0.3, -0.25) is 10.9 Å². The number of hydrogen-bond acceptors (Lipinski definition) is 9. The fourth-order valence-electron chi connectivity index (χ4n) is 4.47. The molecule has 3 aliphatic rings. The number of aromatic nitrogens is 2. The summed E-state index contributed by atoms with van der Waals surface area (Å²) < 4.78 is 44.8. The van der Waals surface area contributed by atoms with Crippen LogP contribution in [0, 0.1) is 0 Å². The zero-order valence-corrected chi connectivity index (χ0v) is 17.7. The average Bonchev–Trinajstić information content (AvgIpc) is 3.47. The SMILES string of the molecule is CC1NNC(C)C1S(=O)(=O)N1CCCC(c2nnc(-c3ccc4c(c3)OCO4)o2)C1. The van der Waals surface area contributed by atoms with E-state index < -0.39 is 15.3 Å². The number of piperidine rings is 1. The Bertz CT molecular complexity index is 1030. The van der Waals surface area contributed by atoms with E-state index in [0.717, 1.165) is 18.4 Å². The van der Waals surface area contributed by atoms with Crippen LogP contribution >= 0.6 is 0 Å². The van der Waals surface area contributed by atoms with Crippen LogP contribution in [0.4, 0.5) is 0 Å². The van der Waals surface area contributed by atoms with E-state index in [4.69, 9.17) is 13.9 Å². The number of benzene rings is 1. The van der Waals surface area contributed by atoms with Gasteiger partial charge >= 0.3 is 0 Å². The largest absolute Gasteiger partial charge is 0.454 e. The van der Waals surface area contributed by atoms with Crippen molar-refractivity contribution in [1.29, 1.82) is 0 Å². The number of nitrogens with zero attached hydrogens (tertiary/aromatic N) is 3. The molecule has 1 aromatic carbocycles. The molecule has 10 nitrogen and oxygen atoms in total. The van der Waals surface area contributed by atoms with Gasteiger partial charge < -0.3 is 13.9 Å². The predicted molar refractivity (Wildman–Crippen MR) is 107 cm³/mol. The van der Waals surface area contributed by atoms with Crippen LogP contribution in [0.2, 0.25) is 0 Å². The Morgan fingerprint density at radius 3 is 2.67 bits per heavy atom. The van der Waals surface area contributed by atoms with E-state index in [1.165, 1.54) is 0 Å².